The predicted molar refractivity (Wildman–Crippen MR) is 75.5 cm³/mol. The van der Waals surface area contributed by atoms with E-state index in [0.29, 0.717) is 24.3 Å². The lowest BCUT2D eigenvalue weighted by molar-refractivity contribution is 0.102. The van der Waals surface area contributed by atoms with Crippen LogP contribution in [0.3, 0.4) is 0 Å². The Morgan fingerprint density at radius 3 is 2.32 bits per heavy atom. The number of benzene rings is 1. The van der Waals surface area contributed by atoms with Crippen molar-refractivity contribution in [1.29, 1.82) is 0 Å². The molecule has 0 unspecified atom stereocenters. The van der Waals surface area contributed by atoms with Crippen LogP contribution in [0.5, 0.6) is 5.75 Å². The number of hydrogen-bond acceptors (Lipinski definition) is 4. The van der Waals surface area contributed by atoms with Crippen molar-refractivity contribution in [3.05, 3.63) is 29.8 Å². The Morgan fingerprint density at radius 2 is 1.79 bits per heavy atom. The lowest BCUT2D eigenvalue weighted by atomic mass is 10.1. The molecule has 0 saturated carbocycles. The first-order valence-corrected chi connectivity index (χ1v) is 8.27. The van der Waals surface area contributed by atoms with Gasteiger partial charge in [-0.05, 0) is 37.6 Å². The lowest BCUT2D eigenvalue weighted by Gasteiger charge is -2.05. The van der Waals surface area contributed by atoms with E-state index in [1.165, 1.54) is 0 Å². The molecule has 106 valence electrons. The fraction of sp³-hybridized carbons (Fsp3) is 0.500. The predicted octanol–water partition coefficient (Wildman–Crippen LogP) is 2.48. The zero-order chi connectivity index (χ0) is 14.3. The number of sulfone groups is 1. The Kier molecular flexibility index (Phi) is 6.02. The number of ketones is 1. The second-order valence-corrected chi connectivity index (χ2v) is 6.51. The maximum absolute atomic E-state index is 11.9. The van der Waals surface area contributed by atoms with Gasteiger partial charge >= 0.3 is 0 Å². The lowest BCUT2D eigenvalue weighted by Crippen LogP contribution is -2.19. The summed E-state index contributed by atoms with van der Waals surface area (Å²) in [6.07, 6.45) is 1.40. The molecule has 0 N–H and O–H groups in total. The van der Waals surface area contributed by atoms with Crippen molar-refractivity contribution in [2.75, 3.05) is 18.1 Å². The Labute approximate surface area is 114 Å². The number of hydrogen-bond donors (Lipinski definition) is 0. The molecule has 19 heavy (non-hydrogen) atoms. The first-order chi connectivity index (χ1) is 8.98. The molecule has 0 bridgehead atoms. The number of unbranched alkanes of at least 4 members (excludes halogenated alkanes) is 1. The van der Waals surface area contributed by atoms with E-state index in [2.05, 4.69) is 0 Å². The first kappa shape index (κ1) is 15.7. The van der Waals surface area contributed by atoms with E-state index in [9.17, 15) is 13.2 Å². The van der Waals surface area contributed by atoms with E-state index in [0.717, 1.165) is 6.42 Å². The van der Waals surface area contributed by atoms with Crippen molar-refractivity contribution in [3.8, 4) is 5.75 Å². The standard InChI is InChI=1S/C14H20O4S/c1-3-5-10-19(16,17)11-14(15)12-6-8-13(9-7-12)18-4-2/h6-9H,3-5,10-11H2,1-2H3. The second kappa shape index (κ2) is 7.28. The van der Waals surface area contributed by atoms with Crippen LogP contribution in [0.25, 0.3) is 0 Å². The molecule has 0 spiro atoms. The third-order valence-corrected chi connectivity index (χ3v) is 4.26. The Bertz CT molecular complexity index is 503. The number of Topliss-reactive ketones (excluding diaryl/α,β-unsaturated/α-hetero) is 1. The smallest absolute Gasteiger partial charge is 0.177 e. The third kappa shape index (κ3) is 5.42. The van der Waals surface area contributed by atoms with Gasteiger partial charge in [-0.2, -0.15) is 0 Å². The van der Waals surface area contributed by atoms with Crippen molar-refractivity contribution in [2.45, 2.75) is 26.7 Å². The Morgan fingerprint density at radius 1 is 1.16 bits per heavy atom. The molecule has 0 amide bonds. The summed E-state index contributed by atoms with van der Waals surface area (Å²) in [7, 11) is -3.29. The summed E-state index contributed by atoms with van der Waals surface area (Å²) >= 11 is 0. The SMILES string of the molecule is CCCCS(=O)(=O)CC(=O)c1ccc(OCC)cc1. The van der Waals surface area contributed by atoms with Gasteiger partial charge in [-0.25, -0.2) is 8.42 Å². The highest BCUT2D eigenvalue weighted by atomic mass is 32.2. The topological polar surface area (TPSA) is 60.4 Å². The van der Waals surface area contributed by atoms with Gasteiger partial charge in [-0.15, -0.1) is 0 Å². The maximum atomic E-state index is 11.9. The highest BCUT2D eigenvalue weighted by Crippen LogP contribution is 2.13. The van der Waals surface area contributed by atoms with Gasteiger partial charge in [-0.1, -0.05) is 13.3 Å². The van der Waals surface area contributed by atoms with Crippen LogP contribution in [-0.4, -0.2) is 32.3 Å². The Balaban J connectivity index is 2.67. The number of ether oxygens (including phenoxy) is 1. The molecular weight excluding hydrogens is 264 g/mol. The van der Waals surface area contributed by atoms with E-state index in [1.54, 1.807) is 24.3 Å². The van der Waals surface area contributed by atoms with Crippen molar-refractivity contribution in [1.82, 2.24) is 0 Å². The van der Waals surface area contributed by atoms with Crippen LogP contribution >= 0.6 is 0 Å². The largest absolute Gasteiger partial charge is 0.494 e. The summed E-state index contributed by atoms with van der Waals surface area (Å²) in [5.41, 5.74) is 0.406. The summed E-state index contributed by atoms with van der Waals surface area (Å²) < 4.78 is 28.7. The van der Waals surface area contributed by atoms with E-state index < -0.39 is 15.6 Å². The van der Waals surface area contributed by atoms with Crippen molar-refractivity contribution >= 4 is 15.6 Å². The summed E-state index contributed by atoms with van der Waals surface area (Å²) in [6.45, 7) is 4.35. The summed E-state index contributed by atoms with van der Waals surface area (Å²) in [5.74, 6) is -0.0280. The highest BCUT2D eigenvalue weighted by Gasteiger charge is 2.17. The maximum Gasteiger partial charge on any atom is 0.177 e. The molecule has 0 aromatic heterocycles. The quantitative estimate of drug-likeness (QED) is 0.688. The van der Waals surface area contributed by atoms with Gasteiger partial charge < -0.3 is 4.74 Å². The molecule has 0 aliphatic carbocycles. The molecule has 0 saturated heterocycles. The van der Waals surface area contributed by atoms with Crippen LogP contribution in [0.2, 0.25) is 0 Å². The number of rotatable bonds is 8. The average Bonchev–Trinajstić information content (AvgIpc) is 2.37. The second-order valence-electron chi connectivity index (χ2n) is 4.33. The molecule has 0 aliphatic rings. The fourth-order valence-corrected chi connectivity index (χ4v) is 3.06. The Hall–Kier alpha value is -1.36. The van der Waals surface area contributed by atoms with Crippen LogP contribution in [0.1, 0.15) is 37.0 Å². The molecule has 1 aromatic carbocycles. The van der Waals surface area contributed by atoms with Crippen LogP contribution in [0, 0.1) is 0 Å². The minimum absolute atomic E-state index is 0.0757. The van der Waals surface area contributed by atoms with E-state index in [-0.39, 0.29) is 11.5 Å². The van der Waals surface area contributed by atoms with Crippen molar-refractivity contribution in [2.24, 2.45) is 0 Å². The first-order valence-electron chi connectivity index (χ1n) is 6.45. The fourth-order valence-electron chi connectivity index (χ4n) is 1.62. The van der Waals surface area contributed by atoms with Crippen molar-refractivity contribution in [3.63, 3.8) is 0 Å². The molecule has 5 heteroatoms. The van der Waals surface area contributed by atoms with E-state index in [1.807, 2.05) is 13.8 Å². The van der Waals surface area contributed by atoms with Gasteiger partial charge in [0.05, 0.1) is 12.4 Å². The monoisotopic (exact) mass is 284 g/mol. The minimum Gasteiger partial charge on any atom is -0.494 e. The van der Waals surface area contributed by atoms with Gasteiger partial charge in [0, 0.05) is 5.56 Å². The minimum atomic E-state index is -3.29. The molecular formula is C14H20O4S. The average molecular weight is 284 g/mol. The van der Waals surface area contributed by atoms with E-state index >= 15 is 0 Å². The summed E-state index contributed by atoms with van der Waals surface area (Å²) in [4.78, 5) is 11.9. The van der Waals surface area contributed by atoms with Crippen molar-refractivity contribution < 1.29 is 17.9 Å². The third-order valence-electron chi connectivity index (χ3n) is 2.65. The zero-order valence-electron chi connectivity index (χ0n) is 11.4. The number of carbonyl (C=O) groups excluding carboxylic acids is 1. The molecule has 0 radical (unpaired) electrons. The van der Waals surface area contributed by atoms with Gasteiger partial charge in [0.15, 0.2) is 15.6 Å². The van der Waals surface area contributed by atoms with Crippen LogP contribution in [0.15, 0.2) is 24.3 Å². The van der Waals surface area contributed by atoms with Gasteiger partial charge in [-0.3, -0.25) is 4.79 Å². The van der Waals surface area contributed by atoms with Crippen LogP contribution < -0.4 is 4.74 Å². The van der Waals surface area contributed by atoms with Gasteiger partial charge in [0.1, 0.15) is 11.5 Å². The van der Waals surface area contributed by atoms with Gasteiger partial charge in [0.2, 0.25) is 0 Å². The van der Waals surface area contributed by atoms with E-state index in [4.69, 9.17) is 4.74 Å². The summed E-state index contributed by atoms with van der Waals surface area (Å²) in [6, 6.07) is 6.55. The molecule has 0 heterocycles. The molecule has 4 nitrogen and oxygen atoms in total. The normalized spacial score (nSPS) is 11.3. The molecule has 1 rings (SSSR count). The summed E-state index contributed by atoms with van der Waals surface area (Å²) in [5, 5.41) is 0. The van der Waals surface area contributed by atoms with Crippen LogP contribution in [0.4, 0.5) is 0 Å². The number of carbonyl (C=O) groups is 1. The van der Waals surface area contributed by atoms with Gasteiger partial charge in [0.25, 0.3) is 0 Å². The molecule has 0 aliphatic heterocycles. The zero-order valence-corrected chi connectivity index (χ0v) is 12.2. The molecule has 0 atom stereocenters. The van der Waals surface area contributed by atoms with Crippen LogP contribution in [-0.2, 0) is 9.84 Å². The molecule has 0 fully saturated rings. The molecule has 1 aromatic rings. The highest BCUT2D eigenvalue weighted by molar-refractivity contribution is 7.92.